The summed E-state index contributed by atoms with van der Waals surface area (Å²) in [4.78, 5) is 10.8. The van der Waals surface area contributed by atoms with Crippen LogP contribution in [0.15, 0.2) is 0 Å². The lowest BCUT2D eigenvalue weighted by molar-refractivity contribution is 0.0975. The van der Waals surface area contributed by atoms with Crippen molar-refractivity contribution in [2.45, 2.75) is 39.3 Å². The molecular formula is C8H15NO2. The van der Waals surface area contributed by atoms with Crippen LogP contribution in [0.5, 0.6) is 0 Å². The highest BCUT2D eigenvalue weighted by Crippen LogP contribution is 2.19. The molecule has 0 spiro atoms. The molecule has 1 rings (SSSR count). The third-order valence-electron chi connectivity index (χ3n) is 2.29. The average molecular weight is 157 g/mol. The van der Waals surface area contributed by atoms with E-state index < -0.39 is 0 Å². The van der Waals surface area contributed by atoms with Gasteiger partial charge in [-0.05, 0) is 19.3 Å². The normalized spacial score (nSPS) is 32.8. The molecule has 0 aromatic rings. The highest BCUT2D eigenvalue weighted by molar-refractivity contribution is 5.70. The number of carbonyl (C=O) groups excluding carboxylic acids is 1. The van der Waals surface area contributed by atoms with Gasteiger partial charge in [0.1, 0.15) is 6.10 Å². The van der Waals surface area contributed by atoms with Crippen LogP contribution in [0.4, 0.5) is 4.79 Å². The van der Waals surface area contributed by atoms with E-state index in [1.54, 1.807) is 0 Å². The molecule has 0 bridgehead atoms. The second-order valence-corrected chi connectivity index (χ2v) is 3.19. The fraction of sp³-hybridized carbons (Fsp3) is 0.875. The first-order chi connectivity index (χ1) is 5.15. The van der Waals surface area contributed by atoms with E-state index >= 15 is 0 Å². The number of ether oxygens (including phenoxy) is 1. The van der Waals surface area contributed by atoms with E-state index in [1.807, 2.05) is 6.92 Å². The smallest absolute Gasteiger partial charge is 0.407 e. The number of hydrogen-bond donors (Lipinski definition) is 1. The second-order valence-electron chi connectivity index (χ2n) is 3.19. The highest BCUT2D eigenvalue weighted by atomic mass is 16.6. The average Bonchev–Trinajstić information content (AvgIpc) is 2.28. The van der Waals surface area contributed by atoms with E-state index in [1.165, 1.54) is 0 Å². The molecule has 1 fully saturated rings. The van der Waals surface area contributed by atoms with Crippen LogP contribution in [-0.4, -0.2) is 18.2 Å². The molecule has 3 heteroatoms. The summed E-state index contributed by atoms with van der Waals surface area (Å²) in [6.45, 7) is 6.17. The maximum Gasteiger partial charge on any atom is 0.407 e. The van der Waals surface area contributed by atoms with Crippen LogP contribution in [0.25, 0.3) is 0 Å². The minimum atomic E-state index is -0.275. The largest absolute Gasteiger partial charge is 0.444 e. The van der Waals surface area contributed by atoms with Crippen molar-refractivity contribution in [1.29, 1.82) is 0 Å². The predicted octanol–water partition coefficient (Wildman–Crippen LogP) is 1.53. The third-order valence-corrected chi connectivity index (χ3v) is 2.29. The Labute approximate surface area is 67.1 Å². The van der Waals surface area contributed by atoms with Crippen molar-refractivity contribution < 1.29 is 9.53 Å². The lowest BCUT2D eigenvalue weighted by atomic mass is 9.97. The SMILES string of the molecule is CCC(C)C1OC(=O)NC1C. The quantitative estimate of drug-likeness (QED) is 0.660. The predicted molar refractivity (Wildman–Crippen MR) is 42.3 cm³/mol. The standard InChI is InChI=1S/C8H15NO2/c1-4-5(2)7-6(3)9-8(10)11-7/h5-7H,4H2,1-3H3,(H,9,10). The van der Waals surface area contributed by atoms with Crippen LogP contribution in [0, 0.1) is 5.92 Å². The zero-order valence-electron chi connectivity index (χ0n) is 7.26. The van der Waals surface area contributed by atoms with Crippen LogP contribution in [0.3, 0.4) is 0 Å². The van der Waals surface area contributed by atoms with Gasteiger partial charge >= 0.3 is 6.09 Å². The Balaban J connectivity index is 2.52. The summed E-state index contributed by atoms with van der Waals surface area (Å²) in [5.41, 5.74) is 0. The van der Waals surface area contributed by atoms with Gasteiger partial charge in [0.25, 0.3) is 0 Å². The van der Waals surface area contributed by atoms with Gasteiger partial charge < -0.3 is 10.1 Å². The van der Waals surface area contributed by atoms with Crippen molar-refractivity contribution >= 4 is 6.09 Å². The summed E-state index contributed by atoms with van der Waals surface area (Å²) in [7, 11) is 0. The fourth-order valence-corrected chi connectivity index (χ4v) is 1.37. The van der Waals surface area contributed by atoms with Crippen LogP contribution in [0.2, 0.25) is 0 Å². The van der Waals surface area contributed by atoms with E-state index in [-0.39, 0.29) is 18.2 Å². The van der Waals surface area contributed by atoms with E-state index in [4.69, 9.17) is 4.74 Å². The van der Waals surface area contributed by atoms with Crippen LogP contribution >= 0.6 is 0 Å². The van der Waals surface area contributed by atoms with Gasteiger partial charge in [-0.1, -0.05) is 13.8 Å². The molecular weight excluding hydrogens is 142 g/mol. The maximum absolute atomic E-state index is 10.8. The topological polar surface area (TPSA) is 38.3 Å². The second kappa shape index (κ2) is 3.11. The molecule has 1 N–H and O–H groups in total. The molecule has 0 aliphatic carbocycles. The van der Waals surface area contributed by atoms with Gasteiger partial charge in [0.05, 0.1) is 6.04 Å². The molecule has 1 amide bonds. The van der Waals surface area contributed by atoms with E-state index in [0.717, 1.165) is 6.42 Å². The zero-order valence-corrected chi connectivity index (χ0v) is 7.26. The molecule has 3 nitrogen and oxygen atoms in total. The van der Waals surface area contributed by atoms with E-state index in [2.05, 4.69) is 19.2 Å². The Morgan fingerprint density at radius 1 is 1.73 bits per heavy atom. The molecule has 1 heterocycles. The summed E-state index contributed by atoms with van der Waals surface area (Å²) in [6, 6.07) is 0.164. The third kappa shape index (κ3) is 1.64. The Morgan fingerprint density at radius 3 is 2.73 bits per heavy atom. The molecule has 3 atom stereocenters. The van der Waals surface area contributed by atoms with Gasteiger partial charge in [-0.3, -0.25) is 0 Å². The molecule has 0 saturated carbocycles. The molecule has 0 aromatic carbocycles. The van der Waals surface area contributed by atoms with E-state index in [0.29, 0.717) is 5.92 Å². The lowest BCUT2D eigenvalue weighted by Crippen LogP contribution is -2.31. The first-order valence-electron chi connectivity index (χ1n) is 4.12. The van der Waals surface area contributed by atoms with Crippen LogP contribution in [-0.2, 0) is 4.74 Å². The fourth-order valence-electron chi connectivity index (χ4n) is 1.37. The van der Waals surface area contributed by atoms with Gasteiger partial charge in [-0.2, -0.15) is 0 Å². The minimum absolute atomic E-state index is 0.0625. The van der Waals surface area contributed by atoms with Crippen LogP contribution < -0.4 is 5.32 Å². The monoisotopic (exact) mass is 157 g/mol. The number of carbonyl (C=O) groups is 1. The van der Waals surface area contributed by atoms with Gasteiger partial charge in [0, 0.05) is 0 Å². The van der Waals surface area contributed by atoms with Gasteiger partial charge in [-0.25, -0.2) is 4.79 Å². The van der Waals surface area contributed by atoms with Crippen molar-refractivity contribution in [2.75, 3.05) is 0 Å². The number of rotatable bonds is 2. The van der Waals surface area contributed by atoms with Crippen molar-refractivity contribution in [3.63, 3.8) is 0 Å². The van der Waals surface area contributed by atoms with Crippen molar-refractivity contribution in [2.24, 2.45) is 5.92 Å². The van der Waals surface area contributed by atoms with Crippen molar-refractivity contribution in [3.8, 4) is 0 Å². The minimum Gasteiger partial charge on any atom is -0.444 e. The first-order valence-corrected chi connectivity index (χ1v) is 4.12. The highest BCUT2D eigenvalue weighted by Gasteiger charge is 2.33. The molecule has 0 aromatic heterocycles. The summed E-state index contributed by atoms with van der Waals surface area (Å²) in [6.07, 6.45) is 0.833. The zero-order chi connectivity index (χ0) is 8.43. The number of amides is 1. The number of nitrogens with one attached hydrogen (secondary N) is 1. The summed E-state index contributed by atoms with van der Waals surface area (Å²) in [5, 5.41) is 2.72. The molecule has 1 aliphatic rings. The van der Waals surface area contributed by atoms with Crippen molar-refractivity contribution in [3.05, 3.63) is 0 Å². The Hall–Kier alpha value is -0.730. The summed E-state index contributed by atoms with van der Waals surface area (Å²) >= 11 is 0. The summed E-state index contributed by atoms with van der Waals surface area (Å²) < 4.78 is 5.08. The van der Waals surface area contributed by atoms with E-state index in [9.17, 15) is 4.79 Å². The number of alkyl carbamates (subject to hydrolysis) is 1. The summed E-state index contributed by atoms with van der Waals surface area (Å²) in [5.74, 6) is 0.448. The Morgan fingerprint density at radius 2 is 2.36 bits per heavy atom. The molecule has 3 unspecified atom stereocenters. The van der Waals surface area contributed by atoms with Gasteiger partial charge in [0.2, 0.25) is 0 Å². The molecule has 64 valence electrons. The first kappa shape index (κ1) is 8.37. The van der Waals surface area contributed by atoms with Gasteiger partial charge in [-0.15, -0.1) is 0 Å². The lowest BCUT2D eigenvalue weighted by Gasteiger charge is -2.18. The number of cyclic esters (lactones) is 1. The Kier molecular flexibility index (Phi) is 2.37. The molecule has 1 aliphatic heterocycles. The molecule has 0 radical (unpaired) electrons. The number of hydrogen-bond acceptors (Lipinski definition) is 2. The van der Waals surface area contributed by atoms with Crippen LogP contribution in [0.1, 0.15) is 27.2 Å². The molecule has 1 saturated heterocycles. The molecule has 11 heavy (non-hydrogen) atoms. The maximum atomic E-state index is 10.8. The van der Waals surface area contributed by atoms with Crippen molar-refractivity contribution in [1.82, 2.24) is 5.32 Å². The van der Waals surface area contributed by atoms with Gasteiger partial charge in [0.15, 0.2) is 0 Å². The Bertz CT molecular complexity index is 158.